The van der Waals surface area contributed by atoms with Gasteiger partial charge in [-0.2, -0.15) is 0 Å². The van der Waals surface area contributed by atoms with Crippen LogP contribution in [0.1, 0.15) is 106 Å². The molecule has 24 heteroatoms. The van der Waals surface area contributed by atoms with Crippen LogP contribution < -0.4 is 11.2 Å². The van der Waals surface area contributed by atoms with Crippen LogP contribution in [0, 0.1) is 0 Å². The summed E-state index contributed by atoms with van der Waals surface area (Å²) < 4.78 is 116. The molecule has 2 saturated heterocycles. The Labute approximate surface area is 341 Å². The van der Waals surface area contributed by atoms with Crippen LogP contribution in [-0.4, -0.2) is 96.8 Å². The first-order valence-electron chi connectivity index (χ1n) is 19.6. The van der Waals surface area contributed by atoms with Gasteiger partial charge in [-0.15, -0.1) is 0 Å². The van der Waals surface area contributed by atoms with Gasteiger partial charge in [-0.25, -0.2) is 41.5 Å². The van der Waals surface area contributed by atoms with Crippen molar-refractivity contribution in [1.29, 1.82) is 0 Å². The maximum absolute atomic E-state index is 15.7. The second-order valence-corrected chi connectivity index (χ2v) is 18.1. The van der Waals surface area contributed by atoms with E-state index in [2.05, 4.69) is 0 Å². The van der Waals surface area contributed by atoms with Gasteiger partial charge in [0.25, 0.3) is 5.56 Å². The predicted octanol–water partition coefficient (Wildman–Crippen LogP) is 6.60. The number of fused-ring (bicyclic) bond motifs is 1. The number of nitrogens with zero attached hydrogens (tertiary/aromatic N) is 2. The minimum atomic E-state index is -4.95. The average Bonchev–Trinajstić information content (AvgIpc) is 3.81. The SMILES string of the molecule is CCCCOP(=O)(OCCCC)OCn1c(=O)ccn([C@@H]2O[C@](CF)(COP(=O)(OCOC(=O)OC(C)C)OCOC(=O)OC(C)C)[C@H]3OC4(CCCC4)O[C@]32C)c1=O. The van der Waals surface area contributed by atoms with Crippen LogP contribution >= 0.6 is 15.6 Å². The summed E-state index contributed by atoms with van der Waals surface area (Å²) in [6, 6.07) is 1.02. The molecule has 0 bridgehead atoms. The van der Waals surface area contributed by atoms with Gasteiger partial charge in [0, 0.05) is 25.1 Å². The molecule has 0 N–H and O–H groups in total. The van der Waals surface area contributed by atoms with Crippen molar-refractivity contribution in [1.82, 2.24) is 9.13 Å². The normalized spacial score (nSPS) is 23.9. The van der Waals surface area contributed by atoms with Crippen molar-refractivity contribution in [2.24, 2.45) is 0 Å². The number of rotatable bonds is 24. The Hall–Kier alpha value is -2.75. The minimum Gasteiger partial charge on any atom is -0.432 e. The molecule has 1 aromatic rings. The van der Waals surface area contributed by atoms with E-state index < -0.39 is 114 Å². The van der Waals surface area contributed by atoms with Crippen LogP contribution in [0.4, 0.5) is 14.0 Å². The summed E-state index contributed by atoms with van der Waals surface area (Å²) in [6.07, 6.45) is -0.568. The fraction of sp³-hybridized carbons (Fsp3) is 0.829. The highest BCUT2D eigenvalue weighted by molar-refractivity contribution is 7.48. The second kappa shape index (κ2) is 21.4. The third-order valence-corrected chi connectivity index (χ3v) is 12.0. The lowest BCUT2D eigenvalue weighted by atomic mass is 9.88. The van der Waals surface area contributed by atoms with E-state index in [1.807, 2.05) is 13.8 Å². The summed E-state index contributed by atoms with van der Waals surface area (Å²) in [5.74, 6) is -1.23. The lowest BCUT2D eigenvalue weighted by Gasteiger charge is -2.34. The summed E-state index contributed by atoms with van der Waals surface area (Å²) in [4.78, 5) is 51.2. The number of unbranched alkanes of at least 4 members (excludes halogenated alkanes) is 2. The largest absolute Gasteiger partial charge is 0.510 e. The lowest BCUT2D eigenvalue weighted by molar-refractivity contribution is -0.253. The van der Waals surface area contributed by atoms with Gasteiger partial charge in [0.2, 0.25) is 13.6 Å². The fourth-order valence-electron chi connectivity index (χ4n) is 6.48. The zero-order valence-electron chi connectivity index (χ0n) is 34.5. The first-order chi connectivity index (χ1) is 27.9. The van der Waals surface area contributed by atoms with Gasteiger partial charge in [0.15, 0.2) is 17.6 Å². The number of hydrogen-bond donors (Lipinski definition) is 0. The molecule has 1 aromatic heterocycles. The molecule has 3 fully saturated rings. The maximum atomic E-state index is 15.7. The van der Waals surface area contributed by atoms with E-state index in [9.17, 15) is 28.3 Å². The standard InChI is InChI=1S/C35H57FN2O19P2/c1-8-10-18-47-58(43,48-19-11-9-2)50-22-38-27(39)14-17-37(30(38)40)29-33(7)28(55-35(57-33)15-12-13-16-35)34(20-36,56-29)21-49-59(44,51-23-45-31(41)53-25(3)4)52-24-46-32(42)54-26(5)6/h14,17,25-26,28-29H,8-13,15-16,18-24H2,1-7H3/t28-,29+,33+,34+/m0/s1. The first kappa shape index (κ1) is 48.9. The van der Waals surface area contributed by atoms with Crippen molar-refractivity contribution in [3.05, 3.63) is 33.1 Å². The second-order valence-electron chi connectivity index (χ2n) is 14.8. The molecular weight excluding hydrogens is 833 g/mol. The molecule has 1 aliphatic carbocycles. The Morgan fingerprint density at radius 2 is 1.39 bits per heavy atom. The maximum Gasteiger partial charge on any atom is 0.510 e. The molecular formula is C35H57FN2O19P2. The summed E-state index contributed by atoms with van der Waals surface area (Å²) in [6.45, 7) is 6.33. The van der Waals surface area contributed by atoms with Crippen molar-refractivity contribution in [2.45, 2.75) is 148 Å². The molecule has 59 heavy (non-hydrogen) atoms. The Morgan fingerprint density at radius 1 is 0.847 bits per heavy atom. The zero-order valence-corrected chi connectivity index (χ0v) is 36.3. The number of hydrogen-bond acceptors (Lipinski definition) is 19. The molecule has 1 spiro atoms. The number of phosphoric ester groups is 2. The van der Waals surface area contributed by atoms with Crippen molar-refractivity contribution >= 4 is 28.0 Å². The van der Waals surface area contributed by atoms with E-state index in [0.29, 0.717) is 43.1 Å². The Bertz CT molecular complexity index is 1720. The van der Waals surface area contributed by atoms with Crippen LogP contribution in [0.3, 0.4) is 0 Å². The molecule has 0 radical (unpaired) electrons. The summed E-state index contributed by atoms with van der Waals surface area (Å²) >= 11 is 0. The molecule has 3 aliphatic rings. The van der Waals surface area contributed by atoms with Gasteiger partial charge in [0.1, 0.15) is 25.1 Å². The third-order valence-electron chi connectivity index (χ3n) is 9.26. The summed E-state index contributed by atoms with van der Waals surface area (Å²) in [5.41, 5.74) is -5.76. The van der Waals surface area contributed by atoms with Gasteiger partial charge in [-0.1, -0.05) is 26.7 Å². The van der Waals surface area contributed by atoms with E-state index in [1.54, 1.807) is 27.7 Å². The number of phosphoric acid groups is 2. The smallest absolute Gasteiger partial charge is 0.432 e. The van der Waals surface area contributed by atoms with Gasteiger partial charge in [0.05, 0.1) is 32.0 Å². The Kier molecular flexibility index (Phi) is 17.7. The number of alkyl halides is 1. The lowest BCUT2D eigenvalue weighted by Crippen LogP contribution is -2.52. The molecule has 0 amide bonds. The molecule has 1 saturated carbocycles. The van der Waals surface area contributed by atoms with E-state index in [1.165, 1.54) is 6.92 Å². The molecule has 0 unspecified atom stereocenters. The van der Waals surface area contributed by atoms with Crippen molar-refractivity contribution in [3.63, 3.8) is 0 Å². The van der Waals surface area contributed by atoms with E-state index in [4.69, 9.17) is 60.3 Å². The highest BCUT2D eigenvalue weighted by Crippen LogP contribution is 2.60. The monoisotopic (exact) mass is 890 g/mol. The van der Waals surface area contributed by atoms with Crippen molar-refractivity contribution < 1.29 is 83.4 Å². The quantitative estimate of drug-likeness (QED) is 0.0460. The highest BCUT2D eigenvalue weighted by atomic mass is 31.2. The van der Waals surface area contributed by atoms with Gasteiger partial charge in [-0.05, 0) is 60.3 Å². The van der Waals surface area contributed by atoms with Gasteiger partial charge < -0.3 is 33.2 Å². The van der Waals surface area contributed by atoms with Gasteiger partial charge in [-0.3, -0.25) is 27.5 Å². The first-order valence-corrected chi connectivity index (χ1v) is 22.5. The summed E-state index contributed by atoms with van der Waals surface area (Å²) in [5, 5.41) is 0. The van der Waals surface area contributed by atoms with E-state index >= 15 is 4.39 Å². The molecule has 21 nitrogen and oxygen atoms in total. The predicted molar refractivity (Wildman–Crippen MR) is 201 cm³/mol. The Balaban J connectivity index is 1.65. The fourth-order valence-corrected chi connectivity index (χ4v) is 8.63. The van der Waals surface area contributed by atoms with E-state index in [-0.39, 0.29) is 13.2 Å². The molecule has 2 aliphatic heterocycles. The topological polar surface area (TPSA) is 232 Å². The van der Waals surface area contributed by atoms with Crippen LogP contribution in [0.25, 0.3) is 0 Å². The number of halogens is 1. The van der Waals surface area contributed by atoms with Crippen LogP contribution in [0.2, 0.25) is 0 Å². The van der Waals surface area contributed by atoms with Crippen LogP contribution in [0.15, 0.2) is 21.9 Å². The zero-order chi connectivity index (χ0) is 43.5. The van der Waals surface area contributed by atoms with E-state index in [0.717, 1.165) is 29.7 Å². The van der Waals surface area contributed by atoms with Crippen LogP contribution in [0.5, 0.6) is 0 Å². The van der Waals surface area contributed by atoms with Crippen LogP contribution in [-0.2, 0) is 76.2 Å². The molecule has 0 aromatic carbocycles. The summed E-state index contributed by atoms with van der Waals surface area (Å²) in [7, 11) is -9.19. The number of aromatic nitrogens is 2. The molecule has 4 rings (SSSR count). The molecule has 3 heterocycles. The Morgan fingerprint density at radius 3 is 1.90 bits per heavy atom. The highest BCUT2D eigenvalue weighted by Gasteiger charge is 2.72. The van der Waals surface area contributed by atoms with Crippen molar-refractivity contribution in [3.8, 4) is 0 Å². The number of carbonyl (C=O) groups excluding carboxylic acids is 2. The average molecular weight is 891 g/mol. The van der Waals surface area contributed by atoms with Crippen molar-refractivity contribution in [2.75, 3.05) is 40.1 Å². The van der Waals surface area contributed by atoms with Gasteiger partial charge >= 0.3 is 33.6 Å². The molecule has 4 atom stereocenters. The number of carbonyl (C=O) groups is 2. The molecule has 338 valence electrons. The minimum absolute atomic E-state index is 0.0361. The third kappa shape index (κ3) is 12.7. The number of ether oxygens (including phenoxy) is 7.